The zero-order chi connectivity index (χ0) is 8.97. The Morgan fingerprint density at radius 3 is 2.92 bits per heavy atom. The molecular formula is C11H18O. The highest BCUT2D eigenvalue weighted by molar-refractivity contribution is 5.95. The summed E-state index contributed by atoms with van der Waals surface area (Å²) in [5.41, 5.74) is 1.09. The molecule has 0 fully saturated rings. The lowest BCUT2D eigenvalue weighted by Gasteiger charge is -2.18. The highest BCUT2D eigenvalue weighted by Crippen LogP contribution is 2.25. The van der Waals surface area contributed by atoms with Crippen LogP contribution in [0, 0.1) is 5.92 Å². The number of allylic oxidation sites excluding steroid dienone is 2. The first-order valence-corrected chi connectivity index (χ1v) is 5.01. The molecule has 0 aromatic rings. The number of hydrogen-bond acceptors (Lipinski definition) is 1. The average Bonchev–Trinajstić information content (AvgIpc) is 2.17. The third kappa shape index (κ3) is 2.20. The number of carbonyl (C=O) groups is 1. The van der Waals surface area contributed by atoms with E-state index in [1.165, 1.54) is 19.3 Å². The van der Waals surface area contributed by atoms with Gasteiger partial charge in [0.05, 0.1) is 0 Å². The van der Waals surface area contributed by atoms with E-state index in [1.54, 1.807) is 0 Å². The lowest BCUT2D eigenvalue weighted by atomic mass is 9.87. The molecule has 1 rings (SSSR count). The second-order valence-corrected chi connectivity index (χ2v) is 3.53. The van der Waals surface area contributed by atoms with Crippen molar-refractivity contribution in [2.24, 2.45) is 5.92 Å². The Labute approximate surface area is 74.9 Å². The maximum absolute atomic E-state index is 11.4. The monoisotopic (exact) mass is 166 g/mol. The molecule has 0 aromatic carbocycles. The van der Waals surface area contributed by atoms with E-state index in [9.17, 15) is 4.79 Å². The third-order valence-corrected chi connectivity index (χ3v) is 2.66. The van der Waals surface area contributed by atoms with Crippen molar-refractivity contribution in [2.75, 3.05) is 0 Å². The second-order valence-electron chi connectivity index (χ2n) is 3.53. The van der Waals surface area contributed by atoms with Crippen LogP contribution in [0.2, 0.25) is 0 Å². The summed E-state index contributed by atoms with van der Waals surface area (Å²) in [5.74, 6) is 1.03. The molecule has 0 N–H and O–H groups in total. The highest BCUT2D eigenvalue weighted by Gasteiger charge is 2.15. The number of rotatable bonds is 3. The van der Waals surface area contributed by atoms with Gasteiger partial charge >= 0.3 is 0 Å². The third-order valence-electron chi connectivity index (χ3n) is 2.66. The van der Waals surface area contributed by atoms with Crippen LogP contribution in [0.15, 0.2) is 11.6 Å². The quantitative estimate of drug-likeness (QED) is 0.629. The van der Waals surface area contributed by atoms with E-state index in [0.29, 0.717) is 18.1 Å². The van der Waals surface area contributed by atoms with Crippen LogP contribution in [0.25, 0.3) is 0 Å². The molecule has 0 saturated heterocycles. The fourth-order valence-electron chi connectivity index (χ4n) is 1.79. The minimum Gasteiger partial charge on any atom is -0.295 e. The molecule has 0 bridgehead atoms. The zero-order valence-corrected chi connectivity index (χ0v) is 8.10. The van der Waals surface area contributed by atoms with Crippen LogP contribution in [0.4, 0.5) is 0 Å². The van der Waals surface area contributed by atoms with Crippen LogP contribution in [-0.4, -0.2) is 5.78 Å². The maximum Gasteiger partial charge on any atom is 0.158 e. The van der Waals surface area contributed by atoms with Gasteiger partial charge in [0.2, 0.25) is 0 Å². The maximum atomic E-state index is 11.4. The van der Waals surface area contributed by atoms with Gasteiger partial charge in [0.15, 0.2) is 5.78 Å². The number of Topliss-reactive ketones (excluding diaryl/α,β-unsaturated/α-hetero) is 1. The summed E-state index contributed by atoms with van der Waals surface area (Å²) in [6.07, 6.45) is 7.55. The van der Waals surface area contributed by atoms with Gasteiger partial charge in [0.25, 0.3) is 0 Å². The minimum absolute atomic E-state index is 0.355. The molecule has 1 aliphatic rings. The minimum atomic E-state index is 0.355. The Morgan fingerprint density at radius 1 is 1.58 bits per heavy atom. The number of ketones is 1. The number of carbonyl (C=O) groups excluding carboxylic acids is 1. The number of hydrogen-bond donors (Lipinski definition) is 0. The first kappa shape index (κ1) is 9.50. The Kier molecular flexibility index (Phi) is 3.51. The predicted octanol–water partition coefficient (Wildman–Crippen LogP) is 3.10. The van der Waals surface area contributed by atoms with Gasteiger partial charge < -0.3 is 0 Å². The van der Waals surface area contributed by atoms with Crippen molar-refractivity contribution in [1.82, 2.24) is 0 Å². The molecule has 0 amide bonds. The van der Waals surface area contributed by atoms with Gasteiger partial charge in [-0.15, -0.1) is 0 Å². The lowest BCUT2D eigenvalue weighted by Crippen LogP contribution is -2.09. The van der Waals surface area contributed by atoms with Crippen LogP contribution in [-0.2, 0) is 4.79 Å². The molecule has 68 valence electrons. The molecule has 0 radical (unpaired) electrons. The van der Waals surface area contributed by atoms with Gasteiger partial charge in [-0.25, -0.2) is 0 Å². The molecule has 1 unspecified atom stereocenters. The molecule has 1 aliphatic carbocycles. The van der Waals surface area contributed by atoms with Gasteiger partial charge in [-0.05, 0) is 37.2 Å². The van der Waals surface area contributed by atoms with E-state index in [-0.39, 0.29) is 0 Å². The molecule has 0 spiro atoms. The molecular weight excluding hydrogens is 148 g/mol. The van der Waals surface area contributed by atoms with Gasteiger partial charge in [0, 0.05) is 6.42 Å². The fourth-order valence-corrected chi connectivity index (χ4v) is 1.79. The van der Waals surface area contributed by atoms with Gasteiger partial charge in [0.1, 0.15) is 0 Å². The second kappa shape index (κ2) is 4.44. The van der Waals surface area contributed by atoms with E-state index >= 15 is 0 Å². The summed E-state index contributed by atoms with van der Waals surface area (Å²) in [5, 5.41) is 0. The molecule has 1 atom stereocenters. The van der Waals surface area contributed by atoms with Gasteiger partial charge in [-0.3, -0.25) is 4.79 Å². The fraction of sp³-hybridized carbons (Fsp3) is 0.727. The molecule has 0 aliphatic heterocycles. The Morgan fingerprint density at radius 2 is 2.33 bits per heavy atom. The standard InChI is InChI=1S/C11H18O/c1-3-9-6-5-7-10(8-9)11(12)4-2/h8-9H,3-7H2,1-2H3. The van der Waals surface area contributed by atoms with E-state index in [1.807, 2.05) is 6.92 Å². The SMILES string of the molecule is CCC(=O)C1=CC(CC)CCC1. The topological polar surface area (TPSA) is 17.1 Å². The van der Waals surface area contributed by atoms with Crippen molar-refractivity contribution >= 4 is 5.78 Å². The van der Waals surface area contributed by atoms with Crippen LogP contribution >= 0.6 is 0 Å². The average molecular weight is 166 g/mol. The van der Waals surface area contributed by atoms with Crippen LogP contribution in [0.3, 0.4) is 0 Å². The molecule has 0 saturated carbocycles. The molecule has 0 heterocycles. The van der Waals surface area contributed by atoms with E-state index in [2.05, 4.69) is 13.0 Å². The largest absolute Gasteiger partial charge is 0.295 e. The molecule has 1 nitrogen and oxygen atoms in total. The first-order chi connectivity index (χ1) is 5.77. The van der Waals surface area contributed by atoms with Crippen LogP contribution < -0.4 is 0 Å². The summed E-state index contributed by atoms with van der Waals surface area (Å²) in [6.45, 7) is 4.14. The van der Waals surface area contributed by atoms with E-state index in [0.717, 1.165) is 12.0 Å². The van der Waals surface area contributed by atoms with Gasteiger partial charge in [-0.1, -0.05) is 19.9 Å². The Bertz CT molecular complexity index is 191. The van der Waals surface area contributed by atoms with Gasteiger partial charge in [-0.2, -0.15) is 0 Å². The summed E-state index contributed by atoms with van der Waals surface area (Å²) >= 11 is 0. The Balaban J connectivity index is 2.63. The van der Waals surface area contributed by atoms with Crippen molar-refractivity contribution in [2.45, 2.75) is 46.0 Å². The summed E-state index contributed by atoms with van der Waals surface area (Å²) in [4.78, 5) is 11.4. The summed E-state index contributed by atoms with van der Waals surface area (Å²) < 4.78 is 0. The molecule has 0 aromatic heterocycles. The van der Waals surface area contributed by atoms with E-state index < -0.39 is 0 Å². The van der Waals surface area contributed by atoms with Crippen molar-refractivity contribution in [3.63, 3.8) is 0 Å². The first-order valence-electron chi connectivity index (χ1n) is 5.01. The van der Waals surface area contributed by atoms with E-state index in [4.69, 9.17) is 0 Å². The van der Waals surface area contributed by atoms with Crippen molar-refractivity contribution in [3.8, 4) is 0 Å². The van der Waals surface area contributed by atoms with Crippen LogP contribution in [0.5, 0.6) is 0 Å². The molecule has 1 heteroatoms. The summed E-state index contributed by atoms with van der Waals surface area (Å²) in [6, 6.07) is 0. The Hall–Kier alpha value is -0.590. The van der Waals surface area contributed by atoms with Crippen molar-refractivity contribution < 1.29 is 4.79 Å². The smallest absolute Gasteiger partial charge is 0.158 e. The van der Waals surface area contributed by atoms with Crippen molar-refractivity contribution in [3.05, 3.63) is 11.6 Å². The highest BCUT2D eigenvalue weighted by atomic mass is 16.1. The predicted molar refractivity (Wildman–Crippen MR) is 51.0 cm³/mol. The normalized spacial score (nSPS) is 23.5. The van der Waals surface area contributed by atoms with Crippen LogP contribution in [0.1, 0.15) is 46.0 Å². The lowest BCUT2D eigenvalue weighted by molar-refractivity contribution is -0.115. The zero-order valence-electron chi connectivity index (χ0n) is 8.10. The summed E-state index contributed by atoms with van der Waals surface area (Å²) in [7, 11) is 0. The molecule has 12 heavy (non-hydrogen) atoms. The van der Waals surface area contributed by atoms with Crippen molar-refractivity contribution in [1.29, 1.82) is 0 Å².